The van der Waals surface area contributed by atoms with Gasteiger partial charge in [-0.25, -0.2) is 16.8 Å². The number of nitrogens with zero attached hydrogens (tertiary/aromatic N) is 1. The van der Waals surface area contributed by atoms with Gasteiger partial charge in [0.05, 0.1) is 22.9 Å². The van der Waals surface area contributed by atoms with Crippen LogP contribution in [0.1, 0.15) is 36.0 Å². The van der Waals surface area contributed by atoms with E-state index in [2.05, 4.69) is 5.32 Å². The zero-order chi connectivity index (χ0) is 18.8. The second-order valence-electron chi connectivity index (χ2n) is 6.89. The van der Waals surface area contributed by atoms with Crippen LogP contribution in [0.15, 0.2) is 29.2 Å². The summed E-state index contributed by atoms with van der Waals surface area (Å²) in [6.07, 6.45) is 3.31. The molecule has 2 fully saturated rings. The number of hydrogen-bond donors (Lipinski definition) is 1. The number of Topliss-reactive ketones (excluding diaryl/α,β-unsaturated/α-hetero) is 1. The molecule has 2 saturated heterocycles. The van der Waals surface area contributed by atoms with Crippen LogP contribution in [0.2, 0.25) is 0 Å². The van der Waals surface area contributed by atoms with E-state index in [-0.39, 0.29) is 34.8 Å². The van der Waals surface area contributed by atoms with Gasteiger partial charge < -0.3 is 5.32 Å². The summed E-state index contributed by atoms with van der Waals surface area (Å²) >= 11 is 0. The largest absolute Gasteiger partial charge is 0.306 e. The Labute approximate surface area is 154 Å². The zero-order valence-corrected chi connectivity index (χ0v) is 16.2. The number of piperidine rings is 1. The molecule has 9 heteroatoms. The number of hydrogen-bond acceptors (Lipinski definition) is 6. The van der Waals surface area contributed by atoms with Crippen LogP contribution in [0.4, 0.5) is 0 Å². The number of carbonyl (C=O) groups excluding carboxylic acids is 1. The molecule has 2 heterocycles. The van der Waals surface area contributed by atoms with Gasteiger partial charge in [0.25, 0.3) is 0 Å². The number of rotatable bonds is 6. The molecule has 26 heavy (non-hydrogen) atoms. The Bertz CT molecular complexity index is 857. The Morgan fingerprint density at radius 2 is 1.77 bits per heavy atom. The average Bonchev–Trinajstić information content (AvgIpc) is 2.99. The van der Waals surface area contributed by atoms with Gasteiger partial charge in [-0.15, -0.1) is 0 Å². The average molecular weight is 401 g/mol. The predicted molar refractivity (Wildman–Crippen MR) is 98.4 cm³/mol. The lowest BCUT2D eigenvalue weighted by Gasteiger charge is -2.25. The molecule has 7 nitrogen and oxygen atoms in total. The third-order valence-electron chi connectivity index (χ3n) is 4.91. The van der Waals surface area contributed by atoms with Crippen molar-refractivity contribution in [2.75, 3.05) is 31.1 Å². The van der Waals surface area contributed by atoms with Gasteiger partial charge in [0.2, 0.25) is 10.0 Å². The van der Waals surface area contributed by atoms with Crippen molar-refractivity contribution in [3.05, 3.63) is 29.8 Å². The van der Waals surface area contributed by atoms with Crippen molar-refractivity contribution in [2.24, 2.45) is 0 Å². The van der Waals surface area contributed by atoms with E-state index in [0.717, 1.165) is 19.3 Å². The van der Waals surface area contributed by atoms with Crippen LogP contribution in [0.3, 0.4) is 0 Å². The molecule has 3 rings (SSSR count). The number of carbonyl (C=O) groups is 1. The SMILES string of the molecule is O=C(CNC1CCS(=O)(=O)C1)c1ccc(S(=O)(=O)N2CCCCC2)cc1. The standard InChI is InChI=1S/C17H24N2O5S2/c20-17(12-18-15-8-11-25(21,22)13-15)14-4-6-16(7-5-14)26(23,24)19-9-2-1-3-10-19/h4-7,15,18H,1-3,8-13H2. The quantitative estimate of drug-likeness (QED) is 0.710. The Morgan fingerprint density at radius 3 is 2.35 bits per heavy atom. The molecule has 0 aliphatic carbocycles. The van der Waals surface area contributed by atoms with Crippen molar-refractivity contribution in [1.29, 1.82) is 0 Å². The highest BCUT2D eigenvalue weighted by Crippen LogP contribution is 2.21. The van der Waals surface area contributed by atoms with Gasteiger partial charge in [-0.05, 0) is 31.4 Å². The Balaban J connectivity index is 1.61. The summed E-state index contributed by atoms with van der Waals surface area (Å²) in [5.74, 6) is 0.0334. The van der Waals surface area contributed by atoms with Crippen LogP contribution in [0, 0.1) is 0 Å². The highest BCUT2D eigenvalue weighted by Gasteiger charge is 2.28. The number of ketones is 1. The second kappa shape index (κ2) is 7.75. The molecular weight excluding hydrogens is 376 g/mol. The second-order valence-corrected chi connectivity index (χ2v) is 11.1. The minimum absolute atomic E-state index is 0.0401. The minimum Gasteiger partial charge on any atom is -0.306 e. The molecule has 0 spiro atoms. The van der Waals surface area contributed by atoms with Crippen molar-refractivity contribution < 1.29 is 21.6 Å². The van der Waals surface area contributed by atoms with Crippen LogP contribution in [0.5, 0.6) is 0 Å². The van der Waals surface area contributed by atoms with Crippen LogP contribution in [-0.2, 0) is 19.9 Å². The summed E-state index contributed by atoms with van der Waals surface area (Å²) in [5.41, 5.74) is 0.413. The number of sulfonamides is 1. The van der Waals surface area contributed by atoms with E-state index in [4.69, 9.17) is 0 Å². The smallest absolute Gasteiger partial charge is 0.243 e. The number of benzene rings is 1. The molecule has 2 aliphatic heterocycles. The molecule has 0 aromatic heterocycles. The monoisotopic (exact) mass is 400 g/mol. The van der Waals surface area contributed by atoms with Gasteiger partial charge in [-0.3, -0.25) is 4.79 Å². The minimum atomic E-state index is -3.50. The van der Waals surface area contributed by atoms with E-state index in [0.29, 0.717) is 25.1 Å². The van der Waals surface area contributed by atoms with Crippen molar-refractivity contribution in [2.45, 2.75) is 36.6 Å². The molecule has 1 unspecified atom stereocenters. The molecule has 144 valence electrons. The molecule has 1 aromatic rings. The van der Waals surface area contributed by atoms with E-state index in [1.165, 1.54) is 28.6 Å². The van der Waals surface area contributed by atoms with Gasteiger partial charge in [-0.2, -0.15) is 4.31 Å². The van der Waals surface area contributed by atoms with Gasteiger partial charge in [-0.1, -0.05) is 18.6 Å². The molecule has 1 atom stereocenters. The molecule has 2 aliphatic rings. The Kier molecular flexibility index (Phi) is 5.81. The Morgan fingerprint density at radius 1 is 1.12 bits per heavy atom. The molecule has 0 bridgehead atoms. The third-order valence-corrected chi connectivity index (χ3v) is 8.59. The maximum atomic E-state index is 12.6. The van der Waals surface area contributed by atoms with Crippen LogP contribution in [0.25, 0.3) is 0 Å². The normalized spacial score (nSPS) is 23.8. The fraction of sp³-hybridized carbons (Fsp3) is 0.588. The molecular formula is C17H24N2O5S2. The summed E-state index contributed by atoms with van der Waals surface area (Å²) in [5, 5.41) is 2.98. The van der Waals surface area contributed by atoms with Crippen LogP contribution < -0.4 is 5.32 Å². The lowest BCUT2D eigenvalue weighted by atomic mass is 10.1. The highest BCUT2D eigenvalue weighted by atomic mass is 32.2. The molecule has 0 radical (unpaired) electrons. The molecule has 1 aromatic carbocycles. The van der Waals surface area contributed by atoms with E-state index in [9.17, 15) is 21.6 Å². The van der Waals surface area contributed by atoms with E-state index >= 15 is 0 Å². The summed E-state index contributed by atoms with van der Waals surface area (Å²) in [7, 11) is -6.49. The topological polar surface area (TPSA) is 101 Å². The Hall–Kier alpha value is -1.29. The fourth-order valence-electron chi connectivity index (χ4n) is 3.36. The van der Waals surface area contributed by atoms with E-state index < -0.39 is 19.9 Å². The fourth-order valence-corrected chi connectivity index (χ4v) is 6.59. The maximum Gasteiger partial charge on any atom is 0.243 e. The van der Waals surface area contributed by atoms with Gasteiger partial charge >= 0.3 is 0 Å². The van der Waals surface area contributed by atoms with E-state index in [1.807, 2.05) is 0 Å². The first-order chi connectivity index (χ1) is 12.3. The number of sulfone groups is 1. The molecule has 1 N–H and O–H groups in total. The van der Waals surface area contributed by atoms with Crippen LogP contribution in [-0.4, -0.2) is 64.1 Å². The van der Waals surface area contributed by atoms with Gasteiger partial charge in [0.15, 0.2) is 15.6 Å². The summed E-state index contributed by atoms with van der Waals surface area (Å²) < 4.78 is 49.6. The number of nitrogens with one attached hydrogen (secondary N) is 1. The zero-order valence-electron chi connectivity index (χ0n) is 14.6. The van der Waals surface area contributed by atoms with Crippen molar-refractivity contribution in [3.63, 3.8) is 0 Å². The van der Waals surface area contributed by atoms with Crippen molar-refractivity contribution >= 4 is 25.6 Å². The van der Waals surface area contributed by atoms with E-state index in [1.54, 1.807) is 0 Å². The van der Waals surface area contributed by atoms with Crippen molar-refractivity contribution in [1.82, 2.24) is 9.62 Å². The lowest BCUT2D eigenvalue weighted by Crippen LogP contribution is -2.35. The molecule has 0 amide bonds. The maximum absolute atomic E-state index is 12.6. The first kappa shape index (κ1) is 19.5. The molecule has 0 saturated carbocycles. The summed E-state index contributed by atoms with van der Waals surface area (Å²) in [6.45, 7) is 1.12. The first-order valence-electron chi connectivity index (χ1n) is 8.85. The van der Waals surface area contributed by atoms with Gasteiger partial charge in [0.1, 0.15) is 0 Å². The highest BCUT2D eigenvalue weighted by molar-refractivity contribution is 7.91. The van der Waals surface area contributed by atoms with Gasteiger partial charge in [0, 0.05) is 24.7 Å². The summed E-state index contributed by atoms with van der Waals surface area (Å²) in [6, 6.07) is 5.79. The van der Waals surface area contributed by atoms with Crippen molar-refractivity contribution in [3.8, 4) is 0 Å². The third kappa shape index (κ3) is 4.51. The first-order valence-corrected chi connectivity index (χ1v) is 12.1. The lowest BCUT2D eigenvalue weighted by molar-refractivity contribution is 0.0988. The summed E-state index contributed by atoms with van der Waals surface area (Å²) in [4.78, 5) is 12.5. The predicted octanol–water partition coefficient (Wildman–Crippen LogP) is 0.821. The van der Waals surface area contributed by atoms with Crippen LogP contribution >= 0.6 is 0 Å².